The Hall–Kier alpha value is -3.15. The highest BCUT2D eigenvalue weighted by Crippen LogP contribution is 2.36. The minimum absolute atomic E-state index is 0.117. The van der Waals surface area contributed by atoms with E-state index in [0.717, 1.165) is 11.1 Å². The molecule has 0 bridgehead atoms. The number of allylic oxidation sites excluding steroid dienone is 2. The molecule has 0 N–H and O–H groups in total. The zero-order valence-electron chi connectivity index (χ0n) is 15.9. The molecule has 1 fully saturated rings. The van der Waals surface area contributed by atoms with Crippen molar-refractivity contribution in [1.29, 1.82) is 0 Å². The first kappa shape index (κ1) is 18.2. The van der Waals surface area contributed by atoms with Gasteiger partial charge in [0.05, 0.1) is 18.1 Å². The van der Waals surface area contributed by atoms with E-state index in [1.54, 1.807) is 12.1 Å². The molecule has 1 aromatic carbocycles. The molecule has 0 spiro atoms. The quantitative estimate of drug-likeness (QED) is 0.603. The number of imide groups is 1. The molecule has 6 heteroatoms. The van der Waals surface area contributed by atoms with Gasteiger partial charge in [0.25, 0.3) is 5.91 Å². The normalized spacial score (nSPS) is 21.1. The van der Waals surface area contributed by atoms with Crippen LogP contribution in [0.15, 0.2) is 53.2 Å². The van der Waals surface area contributed by atoms with Crippen LogP contribution < -0.4 is 4.90 Å². The first-order valence-corrected chi connectivity index (χ1v) is 9.40. The molecule has 1 aliphatic carbocycles. The minimum atomic E-state index is -0.384. The Morgan fingerprint density at radius 1 is 1.11 bits per heavy atom. The second kappa shape index (κ2) is 7.11. The molecule has 3 amide bonds. The van der Waals surface area contributed by atoms with E-state index >= 15 is 0 Å². The summed E-state index contributed by atoms with van der Waals surface area (Å²) in [4.78, 5) is 41.6. The molecule has 2 aromatic rings. The van der Waals surface area contributed by atoms with Crippen molar-refractivity contribution >= 4 is 23.4 Å². The maximum Gasteiger partial charge on any atom is 0.295 e. The predicted molar refractivity (Wildman–Crippen MR) is 104 cm³/mol. The molecule has 0 saturated carbocycles. The Kier molecular flexibility index (Phi) is 4.63. The fraction of sp³-hybridized carbons (Fsp3) is 0.318. The van der Waals surface area contributed by atoms with E-state index in [4.69, 9.17) is 4.42 Å². The molecule has 1 saturated heterocycles. The third kappa shape index (κ3) is 3.05. The first-order valence-electron chi connectivity index (χ1n) is 9.40. The molecule has 144 valence electrons. The van der Waals surface area contributed by atoms with Gasteiger partial charge in [0.1, 0.15) is 6.67 Å². The molecule has 2 atom stereocenters. The molecule has 2 aliphatic rings. The van der Waals surface area contributed by atoms with Crippen LogP contribution >= 0.6 is 0 Å². The number of hydrogen-bond donors (Lipinski definition) is 0. The van der Waals surface area contributed by atoms with Gasteiger partial charge >= 0.3 is 0 Å². The highest BCUT2D eigenvalue weighted by Gasteiger charge is 2.48. The van der Waals surface area contributed by atoms with Crippen LogP contribution in [0.2, 0.25) is 0 Å². The van der Waals surface area contributed by atoms with Gasteiger partial charge in [-0.1, -0.05) is 29.8 Å². The van der Waals surface area contributed by atoms with Gasteiger partial charge in [-0.05, 0) is 50.5 Å². The van der Waals surface area contributed by atoms with Crippen LogP contribution in [0.25, 0.3) is 0 Å². The number of nitrogens with zero attached hydrogens (tertiary/aromatic N) is 2. The number of rotatable bonds is 4. The lowest BCUT2D eigenvalue weighted by Gasteiger charge is -2.28. The molecule has 1 aliphatic heterocycles. The zero-order chi connectivity index (χ0) is 19.8. The molecule has 4 rings (SSSR count). The molecular weight excluding hydrogens is 356 g/mol. The maximum atomic E-state index is 13.1. The Morgan fingerprint density at radius 2 is 1.79 bits per heavy atom. The highest BCUT2D eigenvalue weighted by atomic mass is 16.3. The van der Waals surface area contributed by atoms with E-state index in [1.165, 1.54) is 16.1 Å². The summed E-state index contributed by atoms with van der Waals surface area (Å²) >= 11 is 0. The smallest absolute Gasteiger partial charge is 0.295 e. The SMILES string of the molecule is Cc1ccc(N(CN2C(=O)C3CC=CCC3C2=O)C(=O)c2ccco2)c(C)c1. The molecule has 1 aromatic heterocycles. The molecule has 6 nitrogen and oxygen atoms in total. The number of furan rings is 1. The van der Waals surface area contributed by atoms with Crippen LogP contribution in [-0.4, -0.2) is 29.3 Å². The number of carbonyl (C=O) groups is 3. The second-order valence-electron chi connectivity index (χ2n) is 7.40. The summed E-state index contributed by atoms with van der Waals surface area (Å²) in [6.45, 7) is 3.76. The molecule has 28 heavy (non-hydrogen) atoms. The average molecular weight is 378 g/mol. The number of likely N-dealkylation sites (tertiary alicyclic amines) is 1. The number of fused-ring (bicyclic) bond motifs is 1. The maximum absolute atomic E-state index is 13.1. The lowest BCUT2D eigenvalue weighted by atomic mass is 9.85. The Morgan fingerprint density at radius 3 is 2.36 bits per heavy atom. The molecule has 0 radical (unpaired) electrons. The van der Waals surface area contributed by atoms with E-state index in [1.807, 2.05) is 44.2 Å². The van der Waals surface area contributed by atoms with Gasteiger partial charge in [-0.15, -0.1) is 0 Å². The topological polar surface area (TPSA) is 70.8 Å². The van der Waals surface area contributed by atoms with Crippen molar-refractivity contribution in [3.8, 4) is 0 Å². The van der Waals surface area contributed by atoms with Gasteiger partial charge in [-0.25, -0.2) is 0 Å². The van der Waals surface area contributed by atoms with Crippen molar-refractivity contribution in [2.75, 3.05) is 11.6 Å². The van der Waals surface area contributed by atoms with E-state index in [2.05, 4.69) is 0 Å². The number of anilines is 1. The summed E-state index contributed by atoms with van der Waals surface area (Å²) < 4.78 is 5.28. The summed E-state index contributed by atoms with van der Waals surface area (Å²) in [5, 5.41) is 0. The predicted octanol–water partition coefficient (Wildman–Crippen LogP) is 3.45. The van der Waals surface area contributed by atoms with Crippen LogP contribution in [-0.2, 0) is 9.59 Å². The van der Waals surface area contributed by atoms with Crippen LogP contribution in [0, 0.1) is 25.7 Å². The first-order chi connectivity index (χ1) is 13.5. The van der Waals surface area contributed by atoms with Gasteiger partial charge in [0.2, 0.25) is 11.8 Å². The van der Waals surface area contributed by atoms with Crippen molar-refractivity contribution in [1.82, 2.24) is 4.90 Å². The fourth-order valence-corrected chi connectivity index (χ4v) is 4.04. The largest absolute Gasteiger partial charge is 0.459 e. The van der Waals surface area contributed by atoms with E-state index in [9.17, 15) is 14.4 Å². The van der Waals surface area contributed by atoms with Crippen molar-refractivity contribution in [2.45, 2.75) is 26.7 Å². The Labute approximate surface area is 163 Å². The van der Waals surface area contributed by atoms with Crippen LogP contribution in [0.4, 0.5) is 5.69 Å². The molecular formula is C22H22N2O4. The van der Waals surface area contributed by atoms with Crippen LogP contribution in [0.3, 0.4) is 0 Å². The van der Waals surface area contributed by atoms with E-state index < -0.39 is 0 Å². The third-order valence-corrected chi connectivity index (χ3v) is 5.50. The summed E-state index contributed by atoms with van der Waals surface area (Å²) in [7, 11) is 0. The standard InChI is InChI=1S/C22H22N2O4/c1-14-9-10-18(15(2)12-14)23(22(27)19-8-5-11-28-19)13-24-20(25)16-6-3-4-7-17(16)21(24)26/h3-5,8-12,16-17H,6-7,13H2,1-2H3. The summed E-state index contributed by atoms with van der Waals surface area (Å²) in [6.07, 6.45) is 6.47. The van der Waals surface area contributed by atoms with Gasteiger partial charge in [-0.3, -0.25) is 24.2 Å². The van der Waals surface area contributed by atoms with Crippen LogP contribution in [0.1, 0.15) is 34.5 Å². The summed E-state index contributed by atoms with van der Waals surface area (Å²) in [6, 6.07) is 8.93. The summed E-state index contributed by atoms with van der Waals surface area (Å²) in [5.74, 6) is -1.28. The van der Waals surface area contributed by atoms with Gasteiger partial charge < -0.3 is 4.42 Å². The zero-order valence-corrected chi connectivity index (χ0v) is 15.9. The number of carbonyl (C=O) groups excluding carboxylic acids is 3. The van der Waals surface area contributed by atoms with Crippen molar-refractivity contribution < 1.29 is 18.8 Å². The van der Waals surface area contributed by atoms with Gasteiger partial charge in [0, 0.05) is 5.69 Å². The van der Waals surface area contributed by atoms with E-state index in [0.29, 0.717) is 18.5 Å². The van der Waals surface area contributed by atoms with Crippen molar-refractivity contribution in [3.63, 3.8) is 0 Å². The number of hydrogen-bond acceptors (Lipinski definition) is 4. The summed E-state index contributed by atoms with van der Waals surface area (Å²) in [5.41, 5.74) is 2.61. The Bertz CT molecular complexity index is 935. The minimum Gasteiger partial charge on any atom is -0.459 e. The van der Waals surface area contributed by atoms with E-state index in [-0.39, 0.29) is 42.0 Å². The van der Waals surface area contributed by atoms with Gasteiger partial charge in [-0.2, -0.15) is 0 Å². The average Bonchev–Trinajstić information content (AvgIpc) is 3.30. The third-order valence-electron chi connectivity index (χ3n) is 5.50. The number of amides is 3. The Balaban J connectivity index is 1.69. The lowest BCUT2D eigenvalue weighted by molar-refractivity contribution is -0.139. The second-order valence-corrected chi connectivity index (χ2v) is 7.40. The highest BCUT2D eigenvalue weighted by molar-refractivity contribution is 6.08. The lowest BCUT2D eigenvalue weighted by Crippen LogP contribution is -2.45. The monoisotopic (exact) mass is 378 g/mol. The molecule has 2 unspecified atom stereocenters. The fourth-order valence-electron chi connectivity index (χ4n) is 4.04. The van der Waals surface area contributed by atoms with Crippen molar-refractivity contribution in [3.05, 3.63) is 65.6 Å². The van der Waals surface area contributed by atoms with Crippen LogP contribution in [0.5, 0.6) is 0 Å². The van der Waals surface area contributed by atoms with Crippen molar-refractivity contribution in [2.24, 2.45) is 11.8 Å². The number of aryl methyl sites for hydroxylation is 2. The van der Waals surface area contributed by atoms with Gasteiger partial charge in [0.15, 0.2) is 5.76 Å². The molecule has 2 heterocycles. The number of benzene rings is 1.